The number of alkyl halides is 3. The van der Waals surface area contributed by atoms with Crippen molar-refractivity contribution >= 4 is 23.0 Å². The van der Waals surface area contributed by atoms with Crippen LogP contribution >= 0.6 is 12.2 Å². The van der Waals surface area contributed by atoms with Crippen molar-refractivity contribution in [3.8, 4) is 5.75 Å². The molecule has 0 radical (unpaired) electrons. The van der Waals surface area contributed by atoms with Gasteiger partial charge in [-0.05, 0) is 48.8 Å². The molecule has 0 spiro atoms. The molecule has 2 N–H and O–H groups in total. The molecule has 122 valence electrons. The van der Waals surface area contributed by atoms with E-state index in [1.54, 1.807) is 19.2 Å². The van der Waals surface area contributed by atoms with Gasteiger partial charge in [-0.2, -0.15) is 0 Å². The molecule has 8 heteroatoms. The SMILES string of the molecule is CNC(=S)NC[C@H]1CCN(c2ccc(OC(F)(F)F)cc2)C1. The van der Waals surface area contributed by atoms with Gasteiger partial charge in [-0.1, -0.05) is 0 Å². The quantitative estimate of drug-likeness (QED) is 0.828. The lowest BCUT2D eigenvalue weighted by Gasteiger charge is -2.19. The van der Waals surface area contributed by atoms with Gasteiger partial charge in [0, 0.05) is 32.4 Å². The van der Waals surface area contributed by atoms with E-state index in [0.29, 0.717) is 11.0 Å². The van der Waals surface area contributed by atoms with Crippen LogP contribution in [0.3, 0.4) is 0 Å². The normalized spacial score (nSPS) is 18.2. The zero-order valence-electron chi connectivity index (χ0n) is 12.1. The van der Waals surface area contributed by atoms with Gasteiger partial charge in [-0.3, -0.25) is 0 Å². The molecule has 0 aliphatic carbocycles. The second-order valence-corrected chi connectivity index (χ2v) is 5.51. The summed E-state index contributed by atoms with van der Waals surface area (Å²) in [6.45, 7) is 2.50. The predicted octanol–water partition coefficient (Wildman–Crippen LogP) is 2.51. The van der Waals surface area contributed by atoms with Crippen LogP contribution in [0.1, 0.15) is 6.42 Å². The lowest BCUT2D eigenvalue weighted by Crippen LogP contribution is -2.36. The number of nitrogens with zero attached hydrogens (tertiary/aromatic N) is 1. The number of benzene rings is 1. The summed E-state index contributed by atoms with van der Waals surface area (Å²) >= 11 is 5.03. The average molecular weight is 333 g/mol. The summed E-state index contributed by atoms with van der Waals surface area (Å²) in [4.78, 5) is 2.14. The Morgan fingerprint density at radius 2 is 2.05 bits per heavy atom. The molecule has 22 heavy (non-hydrogen) atoms. The minimum Gasteiger partial charge on any atom is -0.406 e. The number of anilines is 1. The lowest BCUT2D eigenvalue weighted by molar-refractivity contribution is -0.274. The first-order valence-electron chi connectivity index (χ1n) is 6.94. The maximum atomic E-state index is 12.1. The Morgan fingerprint density at radius 1 is 1.36 bits per heavy atom. The second-order valence-electron chi connectivity index (χ2n) is 5.10. The molecule has 0 unspecified atom stereocenters. The molecule has 0 saturated carbocycles. The van der Waals surface area contributed by atoms with E-state index >= 15 is 0 Å². The van der Waals surface area contributed by atoms with Gasteiger partial charge >= 0.3 is 6.36 Å². The summed E-state index contributed by atoms with van der Waals surface area (Å²) in [6, 6.07) is 5.97. The van der Waals surface area contributed by atoms with Crippen molar-refractivity contribution in [2.45, 2.75) is 12.8 Å². The molecule has 1 aliphatic heterocycles. The number of nitrogens with one attached hydrogen (secondary N) is 2. The third kappa shape index (κ3) is 4.94. The van der Waals surface area contributed by atoms with Gasteiger partial charge in [-0.15, -0.1) is 13.2 Å². The highest BCUT2D eigenvalue weighted by Crippen LogP contribution is 2.28. The van der Waals surface area contributed by atoms with E-state index in [2.05, 4.69) is 20.3 Å². The fourth-order valence-electron chi connectivity index (χ4n) is 2.42. The molecule has 2 rings (SSSR count). The van der Waals surface area contributed by atoms with Crippen molar-refractivity contribution in [2.24, 2.45) is 5.92 Å². The summed E-state index contributed by atoms with van der Waals surface area (Å²) in [5.41, 5.74) is 0.896. The molecule has 1 atom stereocenters. The Labute approximate surface area is 132 Å². The summed E-state index contributed by atoms with van der Waals surface area (Å²) in [5.74, 6) is 0.255. The zero-order chi connectivity index (χ0) is 16.2. The van der Waals surface area contributed by atoms with Crippen LogP contribution in [0, 0.1) is 5.92 Å². The first kappa shape index (κ1) is 16.7. The van der Waals surface area contributed by atoms with E-state index in [1.165, 1.54) is 12.1 Å². The van der Waals surface area contributed by atoms with Gasteiger partial charge in [-0.25, -0.2) is 0 Å². The van der Waals surface area contributed by atoms with E-state index < -0.39 is 6.36 Å². The number of rotatable bonds is 4. The minimum atomic E-state index is -4.66. The van der Waals surface area contributed by atoms with Crippen LogP contribution in [-0.4, -0.2) is 38.2 Å². The van der Waals surface area contributed by atoms with Crippen LogP contribution in [-0.2, 0) is 0 Å². The molecular weight excluding hydrogens is 315 g/mol. The van der Waals surface area contributed by atoms with Crippen molar-refractivity contribution in [3.05, 3.63) is 24.3 Å². The number of halogens is 3. The van der Waals surface area contributed by atoms with Crippen molar-refractivity contribution in [1.29, 1.82) is 0 Å². The van der Waals surface area contributed by atoms with E-state index in [0.717, 1.165) is 31.7 Å². The maximum Gasteiger partial charge on any atom is 0.573 e. The van der Waals surface area contributed by atoms with Gasteiger partial charge in [0.25, 0.3) is 0 Å². The molecule has 1 aliphatic rings. The monoisotopic (exact) mass is 333 g/mol. The molecule has 1 fully saturated rings. The summed E-state index contributed by atoms with van der Waals surface area (Å²) < 4.78 is 40.2. The van der Waals surface area contributed by atoms with Crippen molar-refractivity contribution in [1.82, 2.24) is 10.6 Å². The standard InChI is InChI=1S/C14H18F3N3OS/c1-18-13(22)19-8-10-6-7-20(9-10)11-2-4-12(5-3-11)21-14(15,16)17/h2-5,10H,6-9H2,1H3,(H2,18,19,22)/t10-/m1/s1. The fraction of sp³-hybridized carbons (Fsp3) is 0.500. The first-order chi connectivity index (χ1) is 10.4. The van der Waals surface area contributed by atoms with E-state index in [4.69, 9.17) is 12.2 Å². The highest BCUT2D eigenvalue weighted by Gasteiger charge is 2.31. The molecule has 1 saturated heterocycles. The Balaban J connectivity index is 1.87. The van der Waals surface area contributed by atoms with Crippen molar-refractivity contribution in [2.75, 3.05) is 31.6 Å². The zero-order valence-corrected chi connectivity index (χ0v) is 12.9. The predicted molar refractivity (Wildman–Crippen MR) is 83.1 cm³/mol. The van der Waals surface area contributed by atoms with E-state index in [9.17, 15) is 13.2 Å². The second kappa shape index (κ2) is 7.04. The summed E-state index contributed by atoms with van der Waals surface area (Å²) in [7, 11) is 1.76. The third-order valence-electron chi connectivity index (χ3n) is 3.50. The number of thiocarbonyl (C=S) groups is 1. The molecule has 0 amide bonds. The molecular formula is C14H18F3N3OS. The number of hydrogen-bond acceptors (Lipinski definition) is 3. The number of hydrogen-bond donors (Lipinski definition) is 2. The Morgan fingerprint density at radius 3 is 2.64 bits per heavy atom. The summed E-state index contributed by atoms with van der Waals surface area (Å²) in [6.07, 6.45) is -3.64. The minimum absolute atomic E-state index is 0.201. The van der Waals surface area contributed by atoms with Gasteiger partial charge < -0.3 is 20.3 Å². The van der Waals surface area contributed by atoms with Gasteiger partial charge in [0.05, 0.1) is 0 Å². The van der Waals surface area contributed by atoms with Crippen molar-refractivity contribution < 1.29 is 17.9 Å². The molecule has 0 aromatic heterocycles. The average Bonchev–Trinajstić information content (AvgIpc) is 2.92. The topological polar surface area (TPSA) is 36.5 Å². The first-order valence-corrected chi connectivity index (χ1v) is 7.34. The Hall–Kier alpha value is -1.70. The molecule has 1 aromatic rings. The van der Waals surface area contributed by atoms with Crippen LogP contribution < -0.4 is 20.3 Å². The van der Waals surface area contributed by atoms with Crippen LogP contribution in [0.25, 0.3) is 0 Å². The Bertz CT molecular complexity index is 507. The lowest BCUT2D eigenvalue weighted by atomic mass is 10.1. The van der Waals surface area contributed by atoms with Crippen LogP contribution in [0.2, 0.25) is 0 Å². The number of ether oxygens (including phenoxy) is 1. The van der Waals surface area contributed by atoms with Crippen LogP contribution in [0.5, 0.6) is 5.75 Å². The fourth-order valence-corrected chi connectivity index (χ4v) is 2.50. The molecule has 4 nitrogen and oxygen atoms in total. The Kier molecular flexibility index (Phi) is 5.33. The van der Waals surface area contributed by atoms with E-state index in [-0.39, 0.29) is 5.75 Å². The smallest absolute Gasteiger partial charge is 0.406 e. The molecule has 1 heterocycles. The van der Waals surface area contributed by atoms with Gasteiger partial charge in [0.1, 0.15) is 5.75 Å². The van der Waals surface area contributed by atoms with Crippen molar-refractivity contribution in [3.63, 3.8) is 0 Å². The summed E-state index contributed by atoms with van der Waals surface area (Å²) in [5, 5.41) is 6.61. The largest absolute Gasteiger partial charge is 0.573 e. The maximum absolute atomic E-state index is 12.1. The van der Waals surface area contributed by atoms with Crippen LogP contribution in [0.4, 0.5) is 18.9 Å². The highest BCUT2D eigenvalue weighted by atomic mass is 32.1. The third-order valence-corrected chi connectivity index (χ3v) is 3.85. The van der Waals surface area contributed by atoms with Gasteiger partial charge in [0.2, 0.25) is 0 Å². The van der Waals surface area contributed by atoms with Crippen LogP contribution in [0.15, 0.2) is 24.3 Å². The molecule has 1 aromatic carbocycles. The van der Waals surface area contributed by atoms with E-state index in [1.807, 2.05) is 0 Å². The molecule has 0 bridgehead atoms. The van der Waals surface area contributed by atoms with Gasteiger partial charge in [0.15, 0.2) is 5.11 Å². The highest BCUT2D eigenvalue weighted by molar-refractivity contribution is 7.80.